The zero-order chi connectivity index (χ0) is 12.4. The van der Waals surface area contributed by atoms with Gasteiger partial charge in [-0.3, -0.25) is 9.59 Å². The normalized spacial score (nSPS) is 16.9. The Morgan fingerprint density at radius 1 is 1.29 bits per heavy atom. The minimum atomic E-state index is -0.390. The number of hydrogen-bond donors (Lipinski definition) is 1. The summed E-state index contributed by atoms with van der Waals surface area (Å²) in [6.07, 6.45) is 2.92. The Hall–Kier alpha value is -2.23. The van der Waals surface area contributed by atoms with Gasteiger partial charge >= 0.3 is 0 Å². The summed E-state index contributed by atoms with van der Waals surface area (Å²) < 4.78 is 12.7. The lowest BCUT2D eigenvalue weighted by Crippen LogP contribution is -2.16. The molecule has 0 aliphatic carbocycles. The number of hydrogen-bond acceptors (Lipinski definition) is 2. The minimum Gasteiger partial charge on any atom is -0.322 e. The van der Waals surface area contributed by atoms with Crippen molar-refractivity contribution in [1.82, 2.24) is 5.32 Å². The first kappa shape index (κ1) is 11.3. The highest BCUT2D eigenvalue weighted by Crippen LogP contribution is 2.11. The van der Waals surface area contributed by atoms with Crippen molar-refractivity contribution in [3.8, 4) is 0 Å². The smallest absolute Gasteiger partial charge is 0.251 e. The molecule has 3 nitrogen and oxygen atoms in total. The van der Waals surface area contributed by atoms with Gasteiger partial charge in [-0.25, -0.2) is 4.39 Å². The lowest BCUT2D eigenvalue weighted by molar-refractivity contribution is -0.116. The quantitative estimate of drug-likeness (QED) is 0.624. The summed E-state index contributed by atoms with van der Waals surface area (Å²) in [5, 5.41) is 2.55. The van der Waals surface area contributed by atoms with Crippen molar-refractivity contribution in [3.05, 3.63) is 59.1 Å². The van der Waals surface area contributed by atoms with Gasteiger partial charge in [0.05, 0.1) is 0 Å². The van der Waals surface area contributed by atoms with Crippen LogP contribution in [0.15, 0.2) is 47.7 Å². The number of nitrogens with one attached hydrogen (secondary N) is 1. The first-order valence-corrected chi connectivity index (χ1v) is 5.07. The van der Waals surface area contributed by atoms with Crippen molar-refractivity contribution < 1.29 is 14.0 Å². The SMILES string of the molecule is CC1=C/C(=C/C(=O)c2ccc(F)cc2)NC1=O. The molecular weight excluding hydrogens is 221 g/mol. The highest BCUT2D eigenvalue weighted by molar-refractivity contribution is 6.07. The van der Waals surface area contributed by atoms with Crippen LogP contribution in [0.4, 0.5) is 4.39 Å². The fourth-order valence-corrected chi connectivity index (χ4v) is 1.48. The highest BCUT2D eigenvalue weighted by Gasteiger charge is 2.15. The van der Waals surface area contributed by atoms with Gasteiger partial charge in [-0.05, 0) is 37.3 Å². The van der Waals surface area contributed by atoms with Crippen LogP contribution in [0.2, 0.25) is 0 Å². The lowest BCUT2D eigenvalue weighted by Gasteiger charge is -1.98. The molecule has 1 aromatic rings. The number of allylic oxidation sites excluding steroid dienone is 2. The van der Waals surface area contributed by atoms with E-state index in [1.807, 2.05) is 0 Å². The van der Waals surface area contributed by atoms with E-state index in [0.29, 0.717) is 16.8 Å². The molecule has 2 rings (SSSR count). The molecule has 86 valence electrons. The van der Waals surface area contributed by atoms with Crippen LogP contribution in [-0.2, 0) is 4.79 Å². The minimum absolute atomic E-state index is 0.205. The molecule has 1 amide bonds. The van der Waals surface area contributed by atoms with E-state index < -0.39 is 0 Å². The Morgan fingerprint density at radius 2 is 1.94 bits per heavy atom. The van der Waals surface area contributed by atoms with Crippen LogP contribution < -0.4 is 5.32 Å². The van der Waals surface area contributed by atoms with Crippen LogP contribution in [0.25, 0.3) is 0 Å². The van der Waals surface area contributed by atoms with E-state index in [2.05, 4.69) is 5.32 Å². The van der Waals surface area contributed by atoms with Crippen LogP contribution >= 0.6 is 0 Å². The maximum absolute atomic E-state index is 12.7. The Labute approximate surface area is 97.6 Å². The van der Waals surface area contributed by atoms with Crippen molar-refractivity contribution >= 4 is 11.7 Å². The second kappa shape index (κ2) is 4.33. The van der Waals surface area contributed by atoms with Crippen LogP contribution in [0, 0.1) is 5.82 Å². The van der Waals surface area contributed by atoms with Crippen molar-refractivity contribution in [2.24, 2.45) is 0 Å². The van der Waals surface area contributed by atoms with Gasteiger partial charge in [0.15, 0.2) is 5.78 Å². The van der Waals surface area contributed by atoms with Gasteiger partial charge in [0, 0.05) is 22.9 Å². The number of ketones is 1. The number of carbonyl (C=O) groups excluding carboxylic acids is 2. The fraction of sp³-hybridized carbons (Fsp3) is 0.0769. The molecule has 1 N–H and O–H groups in total. The molecule has 0 bridgehead atoms. The van der Waals surface area contributed by atoms with Gasteiger partial charge in [-0.1, -0.05) is 0 Å². The van der Waals surface area contributed by atoms with E-state index >= 15 is 0 Å². The summed E-state index contributed by atoms with van der Waals surface area (Å²) in [7, 11) is 0. The molecule has 4 heteroatoms. The van der Waals surface area contributed by atoms with Gasteiger partial charge in [0.25, 0.3) is 5.91 Å². The summed E-state index contributed by atoms with van der Waals surface area (Å²) in [6.45, 7) is 1.67. The lowest BCUT2D eigenvalue weighted by atomic mass is 10.1. The van der Waals surface area contributed by atoms with Crippen LogP contribution in [0.3, 0.4) is 0 Å². The standard InChI is InChI=1S/C13H10FNO2/c1-8-6-11(15-13(8)17)7-12(16)9-2-4-10(14)5-3-9/h2-7H,1H3,(H,15,17)/b11-7-. The monoisotopic (exact) mass is 231 g/mol. The molecule has 0 saturated heterocycles. The maximum atomic E-state index is 12.7. The third kappa shape index (κ3) is 2.47. The van der Waals surface area contributed by atoms with E-state index in [1.54, 1.807) is 13.0 Å². The largest absolute Gasteiger partial charge is 0.322 e. The van der Waals surface area contributed by atoms with Gasteiger partial charge < -0.3 is 5.32 Å². The van der Waals surface area contributed by atoms with Crippen LogP contribution in [0.5, 0.6) is 0 Å². The first-order valence-electron chi connectivity index (χ1n) is 5.07. The van der Waals surface area contributed by atoms with Gasteiger partial charge in [0.1, 0.15) is 5.82 Å². The second-order valence-corrected chi connectivity index (χ2v) is 3.75. The molecule has 1 aliphatic heterocycles. The van der Waals surface area contributed by atoms with Gasteiger partial charge in [0.2, 0.25) is 0 Å². The average molecular weight is 231 g/mol. The van der Waals surface area contributed by atoms with E-state index in [4.69, 9.17) is 0 Å². The number of carbonyl (C=O) groups is 2. The summed E-state index contributed by atoms with van der Waals surface area (Å²) in [5.74, 6) is -0.867. The Balaban J connectivity index is 2.20. The van der Waals surface area contributed by atoms with Gasteiger partial charge in [-0.2, -0.15) is 0 Å². The summed E-state index contributed by atoms with van der Waals surface area (Å²) in [5.41, 5.74) is 1.40. The Bertz CT molecular complexity index is 541. The van der Waals surface area contributed by atoms with Crippen molar-refractivity contribution in [3.63, 3.8) is 0 Å². The topological polar surface area (TPSA) is 46.2 Å². The van der Waals surface area contributed by atoms with E-state index in [-0.39, 0.29) is 17.5 Å². The third-order valence-corrected chi connectivity index (χ3v) is 2.40. The fourth-order valence-electron chi connectivity index (χ4n) is 1.48. The first-order chi connectivity index (χ1) is 8.06. The Morgan fingerprint density at radius 3 is 2.47 bits per heavy atom. The van der Waals surface area contributed by atoms with Crippen molar-refractivity contribution in [1.29, 1.82) is 0 Å². The molecule has 0 atom stereocenters. The molecule has 1 aliphatic rings. The number of halogens is 1. The summed E-state index contributed by atoms with van der Waals surface area (Å²) in [6, 6.07) is 5.25. The molecule has 0 spiro atoms. The number of amides is 1. The number of rotatable bonds is 2. The van der Waals surface area contributed by atoms with Crippen molar-refractivity contribution in [2.75, 3.05) is 0 Å². The van der Waals surface area contributed by atoms with E-state index in [9.17, 15) is 14.0 Å². The predicted molar refractivity (Wildman–Crippen MR) is 60.7 cm³/mol. The second-order valence-electron chi connectivity index (χ2n) is 3.75. The van der Waals surface area contributed by atoms with Crippen molar-refractivity contribution in [2.45, 2.75) is 6.92 Å². The zero-order valence-corrected chi connectivity index (χ0v) is 9.16. The van der Waals surface area contributed by atoms with E-state index in [1.165, 1.54) is 30.3 Å². The molecule has 17 heavy (non-hydrogen) atoms. The third-order valence-electron chi connectivity index (χ3n) is 2.40. The molecular formula is C13H10FNO2. The highest BCUT2D eigenvalue weighted by atomic mass is 19.1. The summed E-state index contributed by atoms with van der Waals surface area (Å²) in [4.78, 5) is 22.9. The van der Waals surface area contributed by atoms with Crippen LogP contribution in [-0.4, -0.2) is 11.7 Å². The van der Waals surface area contributed by atoms with E-state index in [0.717, 1.165) is 0 Å². The zero-order valence-electron chi connectivity index (χ0n) is 9.16. The molecule has 0 fully saturated rings. The molecule has 1 aromatic carbocycles. The van der Waals surface area contributed by atoms with Gasteiger partial charge in [-0.15, -0.1) is 0 Å². The van der Waals surface area contributed by atoms with Crippen LogP contribution in [0.1, 0.15) is 17.3 Å². The number of benzene rings is 1. The molecule has 1 heterocycles. The molecule has 0 aromatic heterocycles. The predicted octanol–water partition coefficient (Wildman–Crippen LogP) is 1.97. The molecule has 0 saturated carbocycles. The molecule has 0 unspecified atom stereocenters. The summed E-state index contributed by atoms with van der Waals surface area (Å²) >= 11 is 0. The average Bonchev–Trinajstić information content (AvgIpc) is 2.58. The Kier molecular flexibility index (Phi) is 2.87. The maximum Gasteiger partial charge on any atom is 0.251 e. The molecule has 0 radical (unpaired) electrons.